The third kappa shape index (κ3) is 3.45. The fourth-order valence-electron chi connectivity index (χ4n) is 5.53. The summed E-state index contributed by atoms with van der Waals surface area (Å²) in [5.41, 5.74) is 3.35. The monoisotopic (exact) mass is 408 g/mol. The van der Waals surface area contributed by atoms with E-state index in [0.29, 0.717) is 5.92 Å². The fraction of sp³-hybridized carbons (Fsp3) is 0.625. The number of aryl methyl sites for hydroxylation is 2. The summed E-state index contributed by atoms with van der Waals surface area (Å²) in [7, 11) is 2.17. The van der Waals surface area contributed by atoms with Gasteiger partial charge in [0.2, 0.25) is 5.89 Å². The summed E-state index contributed by atoms with van der Waals surface area (Å²) in [5.74, 6) is 2.34. The Bertz CT molecular complexity index is 940. The van der Waals surface area contributed by atoms with Gasteiger partial charge in [0.1, 0.15) is 0 Å². The van der Waals surface area contributed by atoms with Crippen LogP contribution < -0.4 is 0 Å². The molecule has 1 amide bonds. The molecule has 1 unspecified atom stereocenters. The lowest BCUT2D eigenvalue weighted by atomic mass is 9.76. The molecule has 1 aromatic heterocycles. The van der Waals surface area contributed by atoms with Crippen LogP contribution in [0.5, 0.6) is 0 Å². The van der Waals surface area contributed by atoms with Crippen LogP contribution in [0.3, 0.4) is 0 Å². The average Bonchev–Trinajstić information content (AvgIpc) is 3.25. The maximum Gasteiger partial charge on any atom is 0.254 e. The number of rotatable bonds is 3. The lowest BCUT2D eigenvalue weighted by Gasteiger charge is -2.39. The molecule has 1 aliphatic carbocycles. The number of hydrogen-bond acceptors (Lipinski definition) is 5. The van der Waals surface area contributed by atoms with E-state index in [9.17, 15) is 4.79 Å². The second-order valence-corrected chi connectivity index (χ2v) is 9.86. The van der Waals surface area contributed by atoms with Gasteiger partial charge in [-0.1, -0.05) is 29.3 Å². The van der Waals surface area contributed by atoms with Gasteiger partial charge in [-0.25, -0.2) is 0 Å². The second kappa shape index (κ2) is 7.49. The van der Waals surface area contributed by atoms with Gasteiger partial charge >= 0.3 is 0 Å². The Hall–Kier alpha value is -2.21. The molecule has 0 N–H and O–H groups in total. The van der Waals surface area contributed by atoms with E-state index in [1.165, 1.54) is 24.8 Å². The highest BCUT2D eigenvalue weighted by molar-refractivity contribution is 5.95. The Morgan fingerprint density at radius 1 is 1.20 bits per heavy atom. The van der Waals surface area contributed by atoms with Crippen molar-refractivity contribution in [1.82, 2.24) is 19.9 Å². The van der Waals surface area contributed by atoms with Gasteiger partial charge in [-0.2, -0.15) is 4.98 Å². The van der Waals surface area contributed by atoms with E-state index in [1.54, 1.807) is 0 Å². The van der Waals surface area contributed by atoms with Crippen molar-refractivity contribution in [2.24, 2.45) is 5.41 Å². The number of benzene rings is 1. The standard InChI is InChI=1S/C24H32N4O2/c1-16-7-8-19(17(2)13-16)23(29)28-11-9-24(10-12-28)14-20(27(3)15-24)21-25-22(30-26-21)18-5-4-6-18/h7-8,13,18,20H,4-6,9-12,14-15H2,1-3H3. The molecule has 1 aromatic carbocycles. The molecule has 5 rings (SSSR count). The molecular formula is C24H32N4O2. The van der Waals surface area contributed by atoms with Gasteiger partial charge < -0.3 is 9.42 Å². The first-order valence-corrected chi connectivity index (χ1v) is 11.3. The zero-order chi connectivity index (χ0) is 20.9. The normalized spacial score (nSPS) is 24.4. The SMILES string of the molecule is Cc1ccc(C(=O)N2CCC3(CC2)CC(c2noc(C4CCC4)n2)N(C)C3)c(C)c1. The quantitative estimate of drug-likeness (QED) is 0.760. The van der Waals surface area contributed by atoms with Crippen LogP contribution >= 0.6 is 0 Å². The van der Waals surface area contributed by atoms with Crippen LogP contribution in [0.4, 0.5) is 0 Å². The van der Waals surface area contributed by atoms with E-state index in [1.807, 2.05) is 24.0 Å². The van der Waals surface area contributed by atoms with Gasteiger partial charge in [0.15, 0.2) is 5.82 Å². The molecule has 6 nitrogen and oxygen atoms in total. The Kier molecular flexibility index (Phi) is 4.92. The highest BCUT2D eigenvalue weighted by atomic mass is 16.5. The van der Waals surface area contributed by atoms with Crippen molar-refractivity contribution < 1.29 is 9.32 Å². The molecule has 3 heterocycles. The van der Waals surface area contributed by atoms with Crippen LogP contribution in [0.25, 0.3) is 0 Å². The first kappa shape index (κ1) is 19.7. The number of aromatic nitrogens is 2. The van der Waals surface area contributed by atoms with Crippen molar-refractivity contribution in [3.8, 4) is 0 Å². The lowest BCUT2D eigenvalue weighted by Crippen LogP contribution is -2.44. The summed E-state index contributed by atoms with van der Waals surface area (Å²) in [6.07, 6.45) is 6.76. The van der Waals surface area contributed by atoms with E-state index < -0.39 is 0 Å². The van der Waals surface area contributed by atoms with Crippen LogP contribution in [0.1, 0.15) is 83.7 Å². The van der Waals surface area contributed by atoms with E-state index in [4.69, 9.17) is 9.51 Å². The molecule has 160 valence electrons. The predicted molar refractivity (Wildman–Crippen MR) is 114 cm³/mol. The number of carbonyl (C=O) groups is 1. The molecule has 1 atom stereocenters. The Morgan fingerprint density at radius 2 is 1.97 bits per heavy atom. The summed E-state index contributed by atoms with van der Waals surface area (Å²) < 4.78 is 5.58. The zero-order valence-electron chi connectivity index (χ0n) is 18.4. The minimum atomic E-state index is 0.175. The Balaban J connectivity index is 1.24. The maximum absolute atomic E-state index is 13.1. The van der Waals surface area contributed by atoms with Gasteiger partial charge in [-0.15, -0.1) is 0 Å². The van der Waals surface area contributed by atoms with Gasteiger partial charge in [-0.05, 0) is 70.0 Å². The van der Waals surface area contributed by atoms with Crippen LogP contribution in [-0.4, -0.2) is 52.5 Å². The number of carbonyl (C=O) groups excluding carboxylic acids is 1. The highest BCUT2D eigenvalue weighted by Gasteiger charge is 2.47. The fourth-order valence-corrected chi connectivity index (χ4v) is 5.53. The van der Waals surface area contributed by atoms with Gasteiger partial charge in [0.25, 0.3) is 5.91 Å². The van der Waals surface area contributed by atoms with Crippen molar-refractivity contribution in [3.05, 3.63) is 46.6 Å². The van der Waals surface area contributed by atoms with Crippen molar-refractivity contribution in [2.75, 3.05) is 26.7 Å². The Morgan fingerprint density at radius 3 is 2.63 bits per heavy atom. The summed E-state index contributed by atoms with van der Waals surface area (Å²) in [5, 5.41) is 4.34. The Labute approximate surface area is 178 Å². The number of nitrogens with zero attached hydrogens (tertiary/aromatic N) is 4. The molecule has 2 saturated heterocycles. The maximum atomic E-state index is 13.1. The van der Waals surface area contributed by atoms with Crippen molar-refractivity contribution >= 4 is 5.91 Å². The summed E-state index contributed by atoms with van der Waals surface area (Å²) in [6, 6.07) is 6.33. The van der Waals surface area contributed by atoms with E-state index in [2.05, 4.69) is 30.1 Å². The van der Waals surface area contributed by atoms with Crippen LogP contribution in [-0.2, 0) is 0 Å². The molecule has 0 radical (unpaired) electrons. The first-order chi connectivity index (χ1) is 14.4. The third-order valence-corrected chi connectivity index (χ3v) is 7.68. The molecule has 3 aliphatic rings. The molecule has 2 aromatic rings. The van der Waals surface area contributed by atoms with E-state index in [0.717, 1.165) is 61.7 Å². The topological polar surface area (TPSA) is 62.5 Å². The smallest absolute Gasteiger partial charge is 0.254 e. The summed E-state index contributed by atoms with van der Waals surface area (Å²) in [4.78, 5) is 22.3. The van der Waals surface area contributed by atoms with Gasteiger partial charge in [0.05, 0.1) is 6.04 Å². The molecule has 6 heteroatoms. The zero-order valence-corrected chi connectivity index (χ0v) is 18.4. The van der Waals surface area contributed by atoms with E-state index in [-0.39, 0.29) is 17.4 Å². The lowest BCUT2D eigenvalue weighted by molar-refractivity contribution is 0.0592. The first-order valence-electron chi connectivity index (χ1n) is 11.3. The van der Waals surface area contributed by atoms with Gasteiger partial charge in [-0.3, -0.25) is 9.69 Å². The predicted octanol–water partition coefficient (Wildman–Crippen LogP) is 4.25. The molecule has 30 heavy (non-hydrogen) atoms. The highest BCUT2D eigenvalue weighted by Crippen LogP contribution is 2.48. The molecule has 1 spiro atoms. The molecule has 0 bridgehead atoms. The minimum absolute atomic E-state index is 0.175. The van der Waals surface area contributed by atoms with Crippen LogP contribution in [0, 0.1) is 19.3 Å². The number of hydrogen-bond donors (Lipinski definition) is 0. The van der Waals surface area contributed by atoms with E-state index >= 15 is 0 Å². The summed E-state index contributed by atoms with van der Waals surface area (Å²) >= 11 is 0. The molecular weight excluding hydrogens is 376 g/mol. The average molecular weight is 409 g/mol. The van der Waals surface area contributed by atoms with Crippen molar-refractivity contribution in [2.45, 2.75) is 64.3 Å². The van der Waals surface area contributed by atoms with Crippen molar-refractivity contribution in [3.63, 3.8) is 0 Å². The van der Waals surface area contributed by atoms with Crippen LogP contribution in [0.15, 0.2) is 22.7 Å². The van der Waals surface area contributed by atoms with Crippen molar-refractivity contribution in [1.29, 1.82) is 0 Å². The molecule has 1 saturated carbocycles. The number of piperidine rings is 1. The third-order valence-electron chi connectivity index (χ3n) is 7.68. The number of amides is 1. The molecule has 3 fully saturated rings. The van der Waals surface area contributed by atoms with Crippen LogP contribution in [0.2, 0.25) is 0 Å². The minimum Gasteiger partial charge on any atom is -0.339 e. The largest absolute Gasteiger partial charge is 0.339 e. The number of likely N-dealkylation sites (tertiary alicyclic amines) is 2. The summed E-state index contributed by atoms with van der Waals surface area (Å²) in [6.45, 7) is 6.79. The molecule has 2 aliphatic heterocycles. The second-order valence-electron chi connectivity index (χ2n) is 9.86. The van der Waals surface area contributed by atoms with Gasteiger partial charge in [0, 0.05) is 31.1 Å².